The van der Waals surface area contributed by atoms with Crippen molar-refractivity contribution in [2.75, 3.05) is 32.3 Å². The van der Waals surface area contributed by atoms with Crippen LogP contribution in [-0.2, 0) is 31.2 Å². The van der Waals surface area contributed by atoms with Gasteiger partial charge in [0.05, 0.1) is 18.8 Å². The average Bonchev–Trinajstić information content (AvgIpc) is 2.99. The number of nitrogens with zero attached hydrogens (tertiary/aromatic N) is 1. The molecule has 1 amide bonds. The molecule has 2 aliphatic rings. The topological polar surface area (TPSA) is 88.9 Å². The predicted octanol–water partition coefficient (Wildman–Crippen LogP) is 7.85. The molecule has 0 spiro atoms. The normalized spacial score (nSPS) is 24.6. The molecule has 256 valence electrons. The van der Waals surface area contributed by atoms with Crippen molar-refractivity contribution in [3.05, 3.63) is 59.7 Å². The largest absolute Gasteiger partial charge is 0.497 e. The highest BCUT2D eigenvalue weighted by Crippen LogP contribution is 2.45. The van der Waals surface area contributed by atoms with Crippen LogP contribution >= 0.6 is 0 Å². The van der Waals surface area contributed by atoms with Gasteiger partial charge in [0.15, 0.2) is 0 Å². The van der Waals surface area contributed by atoms with Gasteiger partial charge in [-0.05, 0) is 114 Å². The molecule has 0 bridgehead atoms. The van der Waals surface area contributed by atoms with E-state index in [1.807, 2.05) is 36.4 Å². The number of alkyl halides is 2. The first-order valence-electron chi connectivity index (χ1n) is 16.3. The standard InChI is InChI=1S/C36H52F2N2O5S/c1-34(2)25-36(20-22-44-34,28-11-17-29(43-5)18-12-28)19-21-40(33(41)35(3,4)32(37)38)23-26-7-13-30(14-8-26)45-31-15-9-27(10-16-31)24-46(6,39)42/h7-8,11-14,17-18,27,31-32,39H,9-10,15-16,19-25H2,1-6H3/t27?,31?,36-,46-/m1/s1. The summed E-state index contributed by atoms with van der Waals surface area (Å²) < 4.78 is 65.6. The Morgan fingerprint density at radius 3 is 2.22 bits per heavy atom. The van der Waals surface area contributed by atoms with Crippen LogP contribution in [-0.4, -0.2) is 65.4 Å². The minimum Gasteiger partial charge on any atom is -0.497 e. The van der Waals surface area contributed by atoms with Crippen LogP contribution in [0, 0.1) is 16.1 Å². The molecule has 2 aromatic carbocycles. The van der Waals surface area contributed by atoms with Crippen LogP contribution in [0.2, 0.25) is 0 Å². The summed E-state index contributed by atoms with van der Waals surface area (Å²) in [5.74, 6) is 1.66. The fourth-order valence-corrected chi connectivity index (χ4v) is 8.31. The molecule has 1 saturated heterocycles. The molecule has 46 heavy (non-hydrogen) atoms. The number of amides is 1. The third kappa shape index (κ3) is 9.43. The molecule has 0 radical (unpaired) electrons. The highest BCUT2D eigenvalue weighted by Gasteiger charge is 2.44. The molecule has 10 heteroatoms. The fraction of sp³-hybridized carbons (Fsp3) is 0.639. The second-order valence-corrected chi connectivity index (χ2v) is 17.0. The molecule has 2 fully saturated rings. The van der Waals surface area contributed by atoms with Crippen molar-refractivity contribution in [1.82, 2.24) is 4.90 Å². The summed E-state index contributed by atoms with van der Waals surface area (Å²) in [6, 6.07) is 15.6. The van der Waals surface area contributed by atoms with E-state index in [9.17, 15) is 17.8 Å². The summed E-state index contributed by atoms with van der Waals surface area (Å²) in [6.07, 6.45) is 4.36. The first-order chi connectivity index (χ1) is 21.5. The Balaban J connectivity index is 1.49. The van der Waals surface area contributed by atoms with Gasteiger partial charge >= 0.3 is 0 Å². The summed E-state index contributed by atoms with van der Waals surface area (Å²) in [5, 5.41) is 0. The van der Waals surface area contributed by atoms with Gasteiger partial charge in [0.2, 0.25) is 5.91 Å². The van der Waals surface area contributed by atoms with Gasteiger partial charge in [0.25, 0.3) is 6.43 Å². The van der Waals surface area contributed by atoms with Gasteiger partial charge < -0.3 is 19.1 Å². The van der Waals surface area contributed by atoms with E-state index in [0.29, 0.717) is 31.2 Å². The molecule has 1 aliphatic heterocycles. The van der Waals surface area contributed by atoms with E-state index >= 15 is 0 Å². The number of benzene rings is 2. The predicted molar refractivity (Wildman–Crippen MR) is 178 cm³/mol. The van der Waals surface area contributed by atoms with E-state index in [2.05, 4.69) is 26.0 Å². The molecule has 4 rings (SSSR count). The van der Waals surface area contributed by atoms with Gasteiger partial charge in [0.1, 0.15) is 16.9 Å². The second kappa shape index (κ2) is 14.6. The van der Waals surface area contributed by atoms with Crippen LogP contribution < -0.4 is 9.47 Å². The van der Waals surface area contributed by atoms with Crippen molar-refractivity contribution >= 4 is 15.6 Å². The molecule has 0 unspecified atom stereocenters. The zero-order valence-electron chi connectivity index (χ0n) is 28.3. The minimum absolute atomic E-state index is 0.0588. The summed E-state index contributed by atoms with van der Waals surface area (Å²) in [6.45, 7) is 7.88. The van der Waals surface area contributed by atoms with E-state index in [0.717, 1.165) is 61.2 Å². The van der Waals surface area contributed by atoms with E-state index in [-0.39, 0.29) is 23.7 Å². The lowest BCUT2D eigenvalue weighted by Gasteiger charge is -2.46. The smallest absolute Gasteiger partial charge is 0.252 e. The van der Waals surface area contributed by atoms with Crippen LogP contribution in [0.4, 0.5) is 8.78 Å². The highest BCUT2D eigenvalue weighted by molar-refractivity contribution is 7.91. The third-order valence-corrected chi connectivity index (χ3v) is 10.8. The van der Waals surface area contributed by atoms with E-state index in [1.165, 1.54) is 20.1 Å². The van der Waals surface area contributed by atoms with Crippen molar-refractivity contribution < 1.29 is 32.0 Å². The molecule has 1 N–H and O–H groups in total. The first kappa shape index (κ1) is 36.1. The Hall–Kier alpha value is -2.72. The number of ether oxygens (including phenoxy) is 3. The number of nitrogens with one attached hydrogen (secondary N) is 1. The van der Waals surface area contributed by atoms with Gasteiger partial charge in [-0.15, -0.1) is 0 Å². The van der Waals surface area contributed by atoms with Crippen LogP contribution in [0.25, 0.3) is 0 Å². The SMILES string of the molecule is COc1ccc([C@]2(CCN(Cc3ccc(OC4CCC(C[S@](C)(=N)=O)CC4)cc3)C(=O)C(C)(C)C(F)F)CCOC(C)(C)C2)cc1. The maximum Gasteiger partial charge on any atom is 0.252 e. The molecule has 1 aliphatic carbocycles. The van der Waals surface area contributed by atoms with Crippen LogP contribution in [0.1, 0.15) is 83.8 Å². The zero-order chi connectivity index (χ0) is 33.8. The number of hydrogen-bond donors (Lipinski definition) is 1. The number of hydrogen-bond acceptors (Lipinski definition) is 6. The maximum atomic E-state index is 14.1. The fourth-order valence-electron chi connectivity index (χ4n) is 7.08. The molecule has 2 aromatic rings. The third-order valence-electron chi connectivity index (χ3n) is 9.73. The Morgan fingerprint density at radius 2 is 1.67 bits per heavy atom. The lowest BCUT2D eigenvalue weighted by atomic mass is 9.67. The summed E-state index contributed by atoms with van der Waals surface area (Å²) >= 11 is 0. The van der Waals surface area contributed by atoms with E-state index in [4.69, 9.17) is 19.0 Å². The van der Waals surface area contributed by atoms with Crippen molar-refractivity contribution in [2.45, 2.75) is 103 Å². The number of halogens is 2. The van der Waals surface area contributed by atoms with Crippen molar-refractivity contribution in [3.8, 4) is 11.5 Å². The Kier molecular flexibility index (Phi) is 11.5. The van der Waals surface area contributed by atoms with Gasteiger partial charge in [-0.1, -0.05) is 24.3 Å². The van der Waals surface area contributed by atoms with Gasteiger partial charge in [-0.25, -0.2) is 8.78 Å². The van der Waals surface area contributed by atoms with Crippen LogP contribution in [0.15, 0.2) is 48.5 Å². The number of rotatable bonds is 13. The lowest BCUT2D eigenvalue weighted by molar-refractivity contribution is -0.150. The molecule has 1 saturated carbocycles. The molecule has 7 nitrogen and oxygen atoms in total. The first-order valence-corrected chi connectivity index (χ1v) is 18.5. The van der Waals surface area contributed by atoms with Crippen LogP contribution in [0.3, 0.4) is 0 Å². The Bertz CT molecular complexity index is 1400. The zero-order valence-corrected chi connectivity index (χ0v) is 29.1. The van der Waals surface area contributed by atoms with E-state index in [1.54, 1.807) is 12.0 Å². The number of methoxy groups -OCH3 is 1. The van der Waals surface area contributed by atoms with Crippen molar-refractivity contribution in [2.24, 2.45) is 11.3 Å². The molecule has 1 heterocycles. The summed E-state index contributed by atoms with van der Waals surface area (Å²) in [4.78, 5) is 15.3. The van der Waals surface area contributed by atoms with Crippen molar-refractivity contribution in [1.29, 1.82) is 4.78 Å². The van der Waals surface area contributed by atoms with Crippen LogP contribution in [0.5, 0.6) is 11.5 Å². The molecular weight excluding hydrogens is 610 g/mol. The van der Waals surface area contributed by atoms with Gasteiger partial charge in [-0.2, -0.15) is 0 Å². The van der Waals surface area contributed by atoms with Gasteiger partial charge in [0, 0.05) is 46.8 Å². The lowest BCUT2D eigenvalue weighted by Crippen LogP contribution is -2.48. The number of carbonyl (C=O) groups excluding carboxylic acids is 1. The molecule has 0 aromatic heterocycles. The highest BCUT2D eigenvalue weighted by atomic mass is 32.2. The summed E-state index contributed by atoms with van der Waals surface area (Å²) in [5.41, 5.74) is -0.525. The monoisotopic (exact) mass is 662 g/mol. The Morgan fingerprint density at radius 1 is 1.07 bits per heavy atom. The minimum atomic E-state index is -2.80. The second-order valence-electron chi connectivity index (χ2n) is 14.6. The quantitative estimate of drug-likeness (QED) is 0.236. The molecular formula is C36H52F2N2O5S. The van der Waals surface area contributed by atoms with Gasteiger partial charge in [-0.3, -0.25) is 13.8 Å². The molecule has 2 atom stereocenters. The number of carbonyl (C=O) groups is 1. The van der Waals surface area contributed by atoms with Crippen molar-refractivity contribution in [3.63, 3.8) is 0 Å². The average molecular weight is 663 g/mol. The Labute approximate surface area is 274 Å². The van der Waals surface area contributed by atoms with E-state index < -0.39 is 27.5 Å². The summed E-state index contributed by atoms with van der Waals surface area (Å²) in [7, 11) is -0.859. The maximum absolute atomic E-state index is 14.1.